The molecule has 124 valence electrons. The maximum absolute atomic E-state index is 14.4. The van der Waals surface area contributed by atoms with Gasteiger partial charge in [-0.25, -0.2) is 9.07 Å². The number of rotatable bonds is 2. The molecule has 1 aromatic heterocycles. The summed E-state index contributed by atoms with van der Waals surface area (Å²) in [4.78, 5) is 0. The van der Waals surface area contributed by atoms with E-state index in [2.05, 4.69) is 30.3 Å². The Morgan fingerprint density at radius 3 is 2.31 bits per heavy atom. The van der Waals surface area contributed by atoms with Crippen LogP contribution in [0.5, 0.6) is 0 Å². The molecule has 0 amide bonds. The van der Waals surface area contributed by atoms with E-state index in [4.69, 9.17) is 5.10 Å². The molecular weight excluding hydrogens is 323 g/mol. The van der Waals surface area contributed by atoms with Gasteiger partial charge in [0.05, 0.1) is 5.52 Å². The summed E-state index contributed by atoms with van der Waals surface area (Å²) in [5.41, 5.74) is 3.22. The zero-order chi connectivity index (χ0) is 17.5. The molecule has 1 heterocycles. The zero-order valence-electron chi connectivity index (χ0n) is 13.9. The summed E-state index contributed by atoms with van der Waals surface area (Å²) in [6, 6.07) is 29.2. The van der Waals surface area contributed by atoms with Crippen molar-refractivity contribution < 1.29 is 4.39 Å². The minimum Gasteiger partial charge on any atom is -0.229 e. The Morgan fingerprint density at radius 1 is 0.692 bits per heavy atom. The van der Waals surface area contributed by atoms with Crippen LogP contribution in [0.2, 0.25) is 0 Å². The van der Waals surface area contributed by atoms with Crippen LogP contribution in [0.15, 0.2) is 91.0 Å². The van der Waals surface area contributed by atoms with Crippen LogP contribution in [-0.4, -0.2) is 9.78 Å². The highest BCUT2D eigenvalue weighted by Gasteiger charge is 2.15. The predicted octanol–water partition coefficient (Wildman–Crippen LogP) is 5.98. The molecule has 0 spiro atoms. The molecule has 5 aromatic rings. The monoisotopic (exact) mass is 338 g/mol. The lowest BCUT2D eigenvalue weighted by atomic mass is 10.0. The average molecular weight is 338 g/mol. The standard InChI is InChI=1S/C23H15FN2/c24-20-10-4-6-12-22(20)26-21-11-5-3-9-19(21)23(25-26)18-14-13-16-7-1-2-8-17(16)15-18/h1-15H. The van der Waals surface area contributed by atoms with Gasteiger partial charge in [0, 0.05) is 10.9 Å². The lowest BCUT2D eigenvalue weighted by Crippen LogP contribution is -1.99. The molecule has 0 fully saturated rings. The van der Waals surface area contributed by atoms with Gasteiger partial charge in [-0.2, -0.15) is 5.10 Å². The molecule has 0 N–H and O–H groups in total. The summed E-state index contributed by atoms with van der Waals surface area (Å²) >= 11 is 0. The summed E-state index contributed by atoms with van der Waals surface area (Å²) < 4.78 is 16.1. The van der Waals surface area contributed by atoms with Gasteiger partial charge in [-0.05, 0) is 35.0 Å². The smallest absolute Gasteiger partial charge is 0.148 e. The summed E-state index contributed by atoms with van der Waals surface area (Å²) in [7, 11) is 0. The third-order valence-electron chi connectivity index (χ3n) is 4.69. The maximum atomic E-state index is 14.4. The lowest BCUT2D eigenvalue weighted by molar-refractivity contribution is 0.613. The van der Waals surface area contributed by atoms with Crippen molar-refractivity contribution in [3.63, 3.8) is 0 Å². The van der Waals surface area contributed by atoms with Gasteiger partial charge in [0.1, 0.15) is 17.2 Å². The average Bonchev–Trinajstić information content (AvgIpc) is 3.07. The van der Waals surface area contributed by atoms with Crippen LogP contribution < -0.4 is 0 Å². The van der Waals surface area contributed by atoms with Gasteiger partial charge in [0.15, 0.2) is 0 Å². The Bertz CT molecular complexity index is 1250. The van der Waals surface area contributed by atoms with Crippen LogP contribution in [0, 0.1) is 5.82 Å². The van der Waals surface area contributed by atoms with Crippen LogP contribution >= 0.6 is 0 Å². The molecule has 0 aliphatic carbocycles. The maximum Gasteiger partial charge on any atom is 0.148 e. The largest absolute Gasteiger partial charge is 0.229 e. The summed E-state index contributed by atoms with van der Waals surface area (Å²) in [6.07, 6.45) is 0. The van der Waals surface area contributed by atoms with E-state index in [1.54, 1.807) is 16.8 Å². The minimum absolute atomic E-state index is 0.286. The normalized spacial score (nSPS) is 11.3. The van der Waals surface area contributed by atoms with Crippen molar-refractivity contribution in [2.75, 3.05) is 0 Å². The minimum atomic E-state index is -0.286. The molecule has 0 aliphatic rings. The number of nitrogens with zero attached hydrogens (tertiary/aromatic N) is 2. The number of benzene rings is 4. The highest BCUT2D eigenvalue weighted by molar-refractivity contribution is 5.97. The van der Waals surface area contributed by atoms with Crippen LogP contribution in [0.4, 0.5) is 4.39 Å². The first-order valence-electron chi connectivity index (χ1n) is 8.53. The van der Waals surface area contributed by atoms with E-state index in [1.807, 2.05) is 42.5 Å². The fraction of sp³-hybridized carbons (Fsp3) is 0. The van der Waals surface area contributed by atoms with Gasteiger partial charge in [-0.3, -0.25) is 0 Å². The molecule has 26 heavy (non-hydrogen) atoms. The van der Waals surface area contributed by atoms with Gasteiger partial charge >= 0.3 is 0 Å². The van der Waals surface area contributed by atoms with E-state index in [0.29, 0.717) is 5.69 Å². The number of para-hydroxylation sites is 2. The number of halogens is 1. The van der Waals surface area contributed by atoms with Gasteiger partial charge in [0.2, 0.25) is 0 Å². The van der Waals surface area contributed by atoms with Gasteiger partial charge in [-0.1, -0.05) is 66.7 Å². The van der Waals surface area contributed by atoms with Crippen molar-refractivity contribution in [3.05, 3.63) is 96.8 Å². The summed E-state index contributed by atoms with van der Waals surface area (Å²) in [5, 5.41) is 8.13. The van der Waals surface area contributed by atoms with E-state index >= 15 is 0 Å². The van der Waals surface area contributed by atoms with Crippen molar-refractivity contribution in [1.82, 2.24) is 9.78 Å². The van der Waals surface area contributed by atoms with Crippen LogP contribution in [-0.2, 0) is 0 Å². The second-order valence-electron chi connectivity index (χ2n) is 6.29. The fourth-order valence-corrected chi connectivity index (χ4v) is 3.42. The first-order chi connectivity index (χ1) is 12.8. The third-order valence-corrected chi connectivity index (χ3v) is 4.69. The van der Waals surface area contributed by atoms with Crippen molar-refractivity contribution in [1.29, 1.82) is 0 Å². The van der Waals surface area contributed by atoms with E-state index in [0.717, 1.165) is 27.5 Å². The van der Waals surface area contributed by atoms with Crippen molar-refractivity contribution in [2.45, 2.75) is 0 Å². The molecule has 0 saturated heterocycles. The summed E-state index contributed by atoms with van der Waals surface area (Å²) in [6.45, 7) is 0. The quantitative estimate of drug-likeness (QED) is 0.387. The van der Waals surface area contributed by atoms with Gasteiger partial charge in [-0.15, -0.1) is 0 Å². The molecule has 4 aromatic carbocycles. The zero-order valence-corrected chi connectivity index (χ0v) is 13.9. The van der Waals surface area contributed by atoms with Crippen molar-refractivity contribution in [3.8, 4) is 16.9 Å². The Balaban J connectivity index is 1.79. The van der Waals surface area contributed by atoms with Gasteiger partial charge in [0.25, 0.3) is 0 Å². The second-order valence-corrected chi connectivity index (χ2v) is 6.29. The molecule has 2 nitrogen and oxygen atoms in total. The van der Waals surface area contributed by atoms with Crippen LogP contribution in [0.1, 0.15) is 0 Å². The van der Waals surface area contributed by atoms with E-state index < -0.39 is 0 Å². The molecule has 3 heteroatoms. The predicted molar refractivity (Wildman–Crippen MR) is 104 cm³/mol. The Hall–Kier alpha value is -3.46. The first-order valence-corrected chi connectivity index (χ1v) is 8.53. The molecule has 0 saturated carbocycles. The summed E-state index contributed by atoms with van der Waals surface area (Å²) in [5.74, 6) is -0.286. The number of hydrogen-bond donors (Lipinski definition) is 0. The first kappa shape index (κ1) is 14.8. The SMILES string of the molecule is Fc1ccccc1-n1nc(-c2ccc3ccccc3c2)c2ccccc21. The van der Waals surface area contributed by atoms with E-state index in [1.165, 1.54) is 11.5 Å². The Labute approximate surface area is 150 Å². The molecular formula is C23H15FN2. The number of fused-ring (bicyclic) bond motifs is 2. The van der Waals surface area contributed by atoms with Gasteiger partial charge < -0.3 is 0 Å². The highest BCUT2D eigenvalue weighted by atomic mass is 19.1. The van der Waals surface area contributed by atoms with Crippen LogP contribution in [0.3, 0.4) is 0 Å². The third kappa shape index (κ3) is 2.29. The fourth-order valence-electron chi connectivity index (χ4n) is 3.42. The molecule has 0 aliphatic heterocycles. The van der Waals surface area contributed by atoms with Crippen molar-refractivity contribution >= 4 is 21.7 Å². The molecule has 0 radical (unpaired) electrons. The van der Waals surface area contributed by atoms with E-state index in [-0.39, 0.29) is 5.82 Å². The highest BCUT2D eigenvalue weighted by Crippen LogP contribution is 2.32. The molecule has 0 bridgehead atoms. The molecule has 0 atom stereocenters. The topological polar surface area (TPSA) is 17.8 Å². The second kappa shape index (κ2) is 5.81. The number of aromatic nitrogens is 2. The Morgan fingerprint density at radius 2 is 1.42 bits per heavy atom. The van der Waals surface area contributed by atoms with Crippen LogP contribution in [0.25, 0.3) is 38.6 Å². The molecule has 5 rings (SSSR count). The van der Waals surface area contributed by atoms with Crippen molar-refractivity contribution in [2.24, 2.45) is 0 Å². The molecule has 0 unspecified atom stereocenters. The van der Waals surface area contributed by atoms with E-state index in [9.17, 15) is 4.39 Å². The number of hydrogen-bond acceptors (Lipinski definition) is 1. The Kier molecular flexibility index (Phi) is 3.32. The lowest BCUT2D eigenvalue weighted by Gasteiger charge is -2.04.